The van der Waals surface area contributed by atoms with Crippen molar-refractivity contribution in [1.29, 1.82) is 0 Å². The number of aromatic nitrogens is 1. The molecule has 9 heteroatoms. The number of hydrogen-bond donors (Lipinski definition) is 1. The smallest absolute Gasteiger partial charge is 0.310 e. The Hall–Kier alpha value is -3.98. The van der Waals surface area contributed by atoms with E-state index in [0.29, 0.717) is 33.6 Å². The highest BCUT2D eigenvalue weighted by Crippen LogP contribution is 2.35. The molecule has 182 valence electrons. The summed E-state index contributed by atoms with van der Waals surface area (Å²) < 4.78 is 50.6. The summed E-state index contributed by atoms with van der Waals surface area (Å²) in [5.41, 5.74) is 7.66. The van der Waals surface area contributed by atoms with Crippen LogP contribution < -0.4 is 15.2 Å². The zero-order valence-corrected chi connectivity index (χ0v) is 19.3. The molecule has 0 saturated heterocycles. The molecule has 0 aliphatic heterocycles. The maximum Gasteiger partial charge on any atom is 0.310 e. The molecule has 0 unspecified atom stereocenters. The van der Waals surface area contributed by atoms with Gasteiger partial charge >= 0.3 is 5.97 Å². The quantitative estimate of drug-likeness (QED) is 0.338. The molecule has 0 aliphatic rings. The predicted molar refractivity (Wildman–Crippen MR) is 125 cm³/mol. The third kappa shape index (κ3) is 5.25. The van der Waals surface area contributed by atoms with Gasteiger partial charge in [0.2, 0.25) is 0 Å². The molecular formula is C26H24F2N2O5. The number of furan rings is 1. The van der Waals surface area contributed by atoms with Gasteiger partial charge in [0.1, 0.15) is 23.7 Å². The van der Waals surface area contributed by atoms with Crippen molar-refractivity contribution in [3.63, 3.8) is 0 Å². The molecule has 0 amide bonds. The monoisotopic (exact) mass is 482 g/mol. The Morgan fingerprint density at radius 2 is 1.94 bits per heavy atom. The summed E-state index contributed by atoms with van der Waals surface area (Å²) in [7, 11) is 1.52. The topological polar surface area (TPSA) is 96.8 Å². The third-order valence-corrected chi connectivity index (χ3v) is 5.40. The van der Waals surface area contributed by atoms with E-state index in [9.17, 15) is 9.18 Å². The van der Waals surface area contributed by atoms with Crippen molar-refractivity contribution in [2.24, 2.45) is 5.73 Å². The number of nitrogens with two attached hydrogens (primary N) is 1. The van der Waals surface area contributed by atoms with Crippen LogP contribution in [-0.2, 0) is 29.1 Å². The zero-order chi connectivity index (χ0) is 24.9. The second-order valence-corrected chi connectivity index (χ2v) is 7.68. The number of hydrogen-bond acceptors (Lipinski definition) is 7. The van der Waals surface area contributed by atoms with E-state index in [4.69, 9.17) is 24.4 Å². The summed E-state index contributed by atoms with van der Waals surface area (Å²) in [6, 6.07) is 10.4. The first-order valence-corrected chi connectivity index (χ1v) is 10.9. The lowest BCUT2D eigenvalue weighted by molar-refractivity contribution is -0.142. The minimum atomic E-state index is -0.794. The summed E-state index contributed by atoms with van der Waals surface area (Å²) in [4.78, 5) is 16.0. The van der Waals surface area contributed by atoms with Crippen LogP contribution in [0.15, 0.2) is 53.1 Å². The minimum absolute atomic E-state index is 0.0223. The fourth-order valence-electron chi connectivity index (χ4n) is 3.78. The Bertz CT molecular complexity index is 1370. The van der Waals surface area contributed by atoms with Gasteiger partial charge in [-0.05, 0) is 36.8 Å². The van der Waals surface area contributed by atoms with Crippen molar-refractivity contribution in [3.05, 3.63) is 77.3 Å². The van der Waals surface area contributed by atoms with Gasteiger partial charge < -0.3 is 24.4 Å². The number of halogens is 2. The molecule has 2 aromatic carbocycles. The number of ether oxygens (including phenoxy) is 3. The molecule has 0 spiro atoms. The predicted octanol–water partition coefficient (Wildman–Crippen LogP) is 4.92. The lowest BCUT2D eigenvalue weighted by Crippen LogP contribution is -2.09. The van der Waals surface area contributed by atoms with E-state index in [1.807, 2.05) is 0 Å². The Morgan fingerprint density at radius 3 is 2.69 bits per heavy atom. The summed E-state index contributed by atoms with van der Waals surface area (Å²) >= 11 is 0. The molecule has 0 aliphatic carbocycles. The van der Waals surface area contributed by atoms with Gasteiger partial charge in [0, 0.05) is 47.0 Å². The molecule has 4 aromatic rings. The second-order valence-electron chi connectivity index (χ2n) is 7.68. The van der Waals surface area contributed by atoms with Crippen LogP contribution in [0.5, 0.6) is 11.5 Å². The largest absolute Gasteiger partial charge is 0.497 e. The van der Waals surface area contributed by atoms with Gasteiger partial charge in [-0.25, -0.2) is 4.39 Å². The fourth-order valence-corrected chi connectivity index (χ4v) is 3.78. The second kappa shape index (κ2) is 10.5. The molecule has 2 heterocycles. The number of pyridine rings is 1. The van der Waals surface area contributed by atoms with Crippen molar-refractivity contribution in [2.45, 2.75) is 26.5 Å². The van der Waals surface area contributed by atoms with E-state index >= 15 is 4.39 Å². The summed E-state index contributed by atoms with van der Waals surface area (Å²) in [6.07, 6.45) is 1.46. The molecule has 7 nitrogen and oxygen atoms in total. The molecule has 0 bridgehead atoms. The number of benzene rings is 2. The average Bonchev–Trinajstić information content (AvgIpc) is 3.23. The standard InChI is InChI=1S/C26H24F2N2O5/c1-3-33-24(31)11-16-4-5-18(32-2)12-22(16)34-14-15-8-17-10-23(27)35-26(17)20(9-15)19-6-7-30-21(13-29)25(19)28/h4-10,12H,3,11,13-14,29H2,1-2H3. The van der Waals surface area contributed by atoms with E-state index in [1.54, 1.807) is 37.3 Å². The Morgan fingerprint density at radius 1 is 1.11 bits per heavy atom. The zero-order valence-electron chi connectivity index (χ0n) is 19.3. The molecule has 0 atom stereocenters. The number of carbonyl (C=O) groups excluding carboxylic acids is 1. The number of fused-ring (bicyclic) bond motifs is 1. The molecule has 2 N–H and O–H groups in total. The van der Waals surface area contributed by atoms with Crippen LogP contribution in [0, 0.1) is 11.8 Å². The van der Waals surface area contributed by atoms with Crippen LogP contribution in [0.2, 0.25) is 0 Å². The number of rotatable bonds is 9. The van der Waals surface area contributed by atoms with Crippen LogP contribution >= 0.6 is 0 Å². The SMILES string of the molecule is CCOC(=O)Cc1ccc(OC)cc1OCc1cc(-c2ccnc(CN)c2F)c2oc(F)cc2c1. The van der Waals surface area contributed by atoms with Crippen LogP contribution in [0.4, 0.5) is 8.78 Å². The van der Waals surface area contributed by atoms with Crippen molar-refractivity contribution >= 4 is 16.9 Å². The van der Waals surface area contributed by atoms with Gasteiger partial charge in [0.15, 0.2) is 5.82 Å². The Labute approximate surface area is 200 Å². The Kier molecular flexibility index (Phi) is 7.26. The van der Waals surface area contributed by atoms with Gasteiger partial charge in [0.05, 0.1) is 25.8 Å². The third-order valence-electron chi connectivity index (χ3n) is 5.40. The van der Waals surface area contributed by atoms with Crippen molar-refractivity contribution in [2.75, 3.05) is 13.7 Å². The van der Waals surface area contributed by atoms with Gasteiger partial charge in [0.25, 0.3) is 6.01 Å². The van der Waals surface area contributed by atoms with E-state index < -0.39 is 11.8 Å². The van der Waals surface area contributed by atoms with Gasteiger partial charge in [-0.15, -0.1) is 0 Å². The maximum atomic E-state index is 15.0. The van der Waals surface area contributed by atoms with Crippen LogP contribution in [-0.4, -0.2) is 24.7 Å². The number of nitrogens with zero attached hydrogens (tertiary/aromatic N) is 1. The molecule has 2 aromatic heterocycles. The minimum Gasteiger partial charge on any atom is -0.497 e. The average molecular weight is 482 g/mol. The molecule has 0 fully saturated rings. The molecule has 35 heavy (non-hydrogen) atoms. The highest BCUT2D eigenvalue weighted by Gasteiger charge is 2.18. The fraction of sp³-hybridized carbons (Fsp3) is 0.231. The molecule has 4 rings (SSSR count). The first kappa shape index (κ1) is 24.2. The van der Waals surface area contributed by atoms with Crippen LogP contribution in [0.1, 0.15) is 23.7 Å². The van der Waals surface area contributed by atoms with Crippen molar-refractivity contribution in [3.8, 4) is 22.6 Å². The van der Waals surface area contributed by atoms with E-state index in [0.717, 1.165) is 0 Å². The Balaban J connectivity index is 1.70. The van der Waals surface area contributed by atoms with Gasteiger partial charge in [-0.3, -0.25) is 9.78 Å². The first-order valence-electron chi connectivity index (χ1n) is 10.9. The highest BCUT2D eigenvalue weighted by atomic mass is 19.1. The normalized spacial score (nSPS) is 11.0. The number of methoxy groups -OCH3 is 1. The first-order chi connectivity index (χ1) is 16.9. The number of carbonyl (C=O) groups is 1. The summed E-state index contributed by atoms with van der Waals surface area (Å²) in [6.45, 7) is 1.97. The van der Waals surface area contributed by atoms with Gasteiger partial charge in [-0.2, -0.15) is 4.39 Å². The van der Waals surface area contributed by atoms with Crippen LogP contribution in [0.3, 0.4) is 0 Å². The van der Waals surface area contributed by atoms with E-state index in [2.05, 4.69) is 4.98 Å². The van der Waals surface area contributed by atoms with Gasteiger partial charge in [-0.1, -0.05) is 6.07 Å². The van der Waals surface area contributed by atoms with E-state index in [1.165, 1.54) is 25.4 Å². The molecular weight excluding hydrogens is 458 g/mol. The van der Waals surface area contributed by atoms with Crippen molar-refractivity contribution in [1.82, 2.24) is 4.98 Å². The number of esters is 1. The maximum absolute atomic E-state index is 15.0. The lowest BCUT2D eigenvalue weighted by atomic mass is 10.00. The highest BCUT2D eigenvalue weighted by molar-refractivity contribution is 5.93. The van der Waals surface area contributed by atoms with Crippen LogP contribution in [0.25, 0.3) is 22.1 Å². The molecule has 0 radical (unpaired) electrons. The van der Waals surface area contributed by atoms with Crippen molar-refractivity contribution < 1.29 is 32.2 Å². The molecule has 0 saturated carbocycles. The lowest BCUT2D eigenvalue weighted by Gasteiger charge is -2.14. The summed E-state index contributed by atoms with van der Waals surface area (Å²) in [5, 5.41) is 0.446. The summed E-state index contributed by atoms with van der Waals surface area (Å²) in [5.74, 6) is -0.00794. The van der Waals surface area contributed by atoms with E-state index in [-0.39, 0.29) is 49.0 Å².